The molecule has 2 aromatic carbocycles. The lowest BCUT2D eigenvalue weighted by Gasteiger charge is -2.39. The molecule has 29 heavy (non-hydrogen) atoms. The van der Waals surface area contributed by atoms with Gasteiger partial charge in [0.05, 0.1) is 19.1 Å². The molecule has 0 saturated carbocycles. The van der Waals surface area contributed by atoms with Crippen LogP contribution in [0.4, 0.5) is 0 Å². The van der Waals surface area contributed by atoms with Gasteiger partial charge < -0.3 is 9.47 Å². The molecule has 0 bridgehead atoms. The summed E-state index contributed by atoms with van der Waals surface area (Å²) in [6.45, 7) is 4.96. The molecule has 0 amide bonds. The second-order valence-corrected chi connectivity index (χ2v) is 7.61. The van der Waals surface area contributed by atoms with Crippen molar-refractivity contribution in [3.8, 4) is 5.75 Å². The first-order valence-corrected chi connectivity index (χ1v) is 10.4. The molecule has 1 aliphatic heterocycles. The SMILES string of the molecule is CCOC(=O)C1(Cc2ccccc2)CCN(CC=Cc2ccccc2OC)CC1. The number of esters is 1. The largest absolute Gasteiger partial charge is 0.496 e. The summed E-state index contributed by atoms with van der Waals surface area (Å²) in [5.74, 6) is 0.833. The number of methoxy groups -OCH3 is 1. The lowest BCUT2D eigenvalue weighted by Crippen LogP contribution is -2.46. The molecule has 154 valence electrons. The van der Waals surface area contributed by atoms with E-state index in [0.717, 1.165) is 50.2 Å². The van der Waals surface area contributed by atoms with E-state index >= 15 is 0 Å². The van der Waals surface area contributed by atoms with E-state index < -0.39 is 5.41 Å². The number of carbonyl (C=O) groups is 1. The Morgan fingerprint density at radius 3 is 2.45 bits per heavy atom. The maximum absolute atomic E-state index is 12.8. The van der Waals surface area contributed by atoms with E-state index in [9.17, 15) is 4.79 Å². The molecular weight excluding hydrogens is 362 g/mol. The Morgan fingerprint density at radius 1 is 1.07 bits per heavy atom. The minimum atomic E-state index is -0.416. The van der Waals surface area contributed by atoms with E-state index in [-0.39, 0.29) is 5.97 Å². The first kappa shape index (κ1) is 21.1. The number of nitrogens with zero attached hydrogens (tertiary/aromatic N) is 1. The summed E-state index contributed by atoms with van der Waals surface area (Å²) in [4.78, 5) is 15.2. The third kappa shape index (κ3) is 5.48. The van der Waals surface area contributed by atoms with Crippen molar-refractivity contribution in [3.05, 3.63) is 71.8 Å². The molecule has 2 aromatic rings. The number of carbonyl (C=O) groups excluding carboxylic acids is 1. The highest BCUT2D eigenvalue weighted by molar-refractivity contribution is 5.77. The second-order valence-electron chi connectivity index (χ2n) is 7.61. The summed E-state index contributed by atoms with van der Waals surface area (Å²) in [7, 11) is 1.69. The van der Waals surface area contributed by atoms with Crippen molar-refractivity contribution in [2.75, 3.05) is 33.4 Å². The standard InChI is InChI=1S/C25H31NO3/c1-3-29-24(27)25(20-21-10-5-4-6-11-21)15-18-26(19-16-25)17-9-13-22-12-7-8-14-23(22)28-2/h4-14H,3,15-20H2,1-2H3. The van der Waals surface area contributed by atoms with Crippen LogP contribution in [0.15, 0.2) is 60.7 Å². The van der Waals surface area contributed by atoms with Gasteiger partial charge in [0, 0.05) is 12.1 Å². The van der Waals surface area contributed by atoms with Gasteiger partial charge in [-0.05, 0) is 50.9 Å². The van der Waals surface area contributed by atoms with Gasteiger partial charge in [0.15, 0.2) is 0 Å². The van der Waals surface area contributed by atoms with Crippen LogP contribution in [0.25, 0.3) is 6.08 Å². The van der Waals surface area contributed by atoms with Crippen LogP contribution < -0.4 is 4.74 Å². The van der Waals surface area contributed by atoms with Gasteiger partial charge in [0.25, 0.3) is 0 Å². The minimum absolute atomic E-state index is 0.0481. The van der Waals surface area contributed by atoms with Crippen molar-refractivity contribution in [2.24, 2.45) is 5.41 Å². The zero-order chi connectivity index (χ0) is 20.5. The van der Waals surface area contributed by atoms with Crippen molar-refractivity contribution in [1.82, 2.24) is 4.90 Å². The number of rotatable bonds is 8. The van der Waals surface area contributed by atoms with Crippen LogP contribution in [0.1, 0.15) is 30.9 Å². The fourth-order valence-corrected chi connectivity index (χ4v) is 4.02. The normalized spacial score (nSPS) is 16.6. The third-order valence-corrected chi connectivity index (χ3v) is 5.71. The van der Waals surface area contributed by atoms with E-state index in [2.05, 4.69) is 35.3 Å². The van der Waals surface area contributed by atoms with Gasteiger partial charge in [-0.3, -0.25) is 9.69 Å². The van der Waals surface area contributed by atoms with E-state index in [4.69, 9.17) is 9.47 Å². The highest BCUT2D eigenvalue weighted by atomic mass is 16.5. The fourth-order valence-electron chi connectivity index (χ4n) is 4.02. The van der Waals surface area contributed by atoms with E-state index in [1.54, 1.807) is 7.11 Å². The molecule has 1 heterocycles. The summed E-state index contributed by atoms with van der Waals surface area (Å²) in [5.41, 5.74) is 1.86. The van der Waals surface area contributed by atoms with Crippen molar-refractivity contribution in [2.45, 2.75) is 26.2 Å². The lowest BCUT2D eigenvalue weighted by atomic mass is 9.73. The molecule has 1 saturated heterocycles. The predicted octanol–water partition coefficient (Wildman–Crippen LogP) is 4.60. The van der Waals surface area contributed by atoms with E-state index in [1.807, 2.05) is 43.3 Å². The topological polar surface area (TPSA) is 38.8 Å². The average molecular weight is 394 g/mol. The number of likely N-dealkylation sites (tertiary alicyclic amines) is 1. The molecule has 4 heteroatoms. The Labute approximate surface area is 174 Å². The van der Waals surface area contributed by atoms with Crippen LogP contribution in [0, 0.1) is 5.41 Å². The van der Waals surface area contributed by atoms with E-state index in [0.29, 0.717) is 6.61 Å². The summed E-state index contributed by atoms with van der Waals surface area (Å²) in [6.07, 6.45) is 6.67. The van der Waals surface area contributed by atoms with Gasteiger partial charge in [0.2, 0.25) is 0 Å². The van der Waals surface area contributed by atoms with Gasteiger partial charge in [-0.1, -0.05) is 60.7 Å². The summed E-state index contributed by atoms with van der Waals surface area (Å²) in [5, 5.41) is 0. The summed E-state index contributed by atoms with van der Waals surface area (Å²) in [6, 6.07) is 18.3. The summed E-state index contributed by atoms with van der Waals surface area (Å²) < 4.78 is 10.9. The molecule has 4 nitrogen and oxygen atoms in total. The molecule has 0 radical (unpaired) electrons. The maximum Gasteiger partial charge on any atom is 0.312 e. The summed E-state index contributed by atoms with van der Waals surface area (Å²) >= 11 is 0. The van der Waals surface area contributed by atoms with Gasteiger partial charge in [-0.25, -0.2) is 0 Å². The molecule has 0 spiro atoms. The highest BCUT2D eigenvalue weighted by Crippen LogP contribution is 2.36. The quantitative estimate of drug-likeness (QED) is 0.615. The predicted molar refractivity (Wildman–Crippen MR) is 117 cm³/mol. The molecule has 0 atom stereocenters. The van der Waals surface area contributed by atoms with Crippen LogP contribution in [0.2, 0.25) is 0 Å². The van der Waals surface area contributed by atoms with Crippen molar-refractivity contribution >= 4 is 12.0 Å². The number of benzene rings is 2. The first-order valence-electron chi connectivity index (χ1n) is 10.4. The van der Waals surface area contributed by atoms with Gasteiger partial charge >= 0.3 is 5.97 Å². The van der Waals surface area contributed by atoms with Gasteiger partial charge in [-0.2, -0.15) is 0 Å². The zero-order valence-electron chi connectivity index (χ0n) is 17.5. The van der Waals surface area contributed by atoms with Crippen LogP contribution >= 0.6 is 0 Å². The molecule has 0 aliphatic carbocycles. The average Bonchev–Trinajstić information content (AvgIpc) is 2.76. The van der Waals surface area contributed by atoms with Gasteiger partial charge in [0.1, 0.15) is 5.75 Å². The smallest absolute Gasteiger partial charge is 0.312 e. The Hall–Kier alpha value is -2.59. The Morgan fingerprint density at radius 2 is 1.76 bits per heavy atom. The number of hydrogen-bond acceptors (Lipinski definition) is 4. The monoisotopic (exact) mass is 393 g/mol. The molecule has 1 fully saturated rings. The minimum Gasteiger partial charge on any atom is -0.496 e. The van der Waals surface area contributed by atoms with Crippen LogP contribution in [-0.4, -0.2) is 44.2 Å². The van der Waals surface area contributed by atoms with E-state index in [1.165, 1.54) is 5.56 Å². The van der Waals surface area contributed by atoms with Crippen LogP contribution in [0.3, 0.4) is 0 Å². The number of hydrogen-bond donors (Lipinski definition) is 0. The van der Waals surface area contributed by atoms with Crippen LogP contribution in [-0.2, 0) is 16.0 Å². The molecule has 0 N–H and O–H groups in total. The lowest BCUT2D eigenvalue weighted by molar-refractivity contribution is -0.158. The fraction of sp³-hybridized carbons (Fsp3) is 0.400. The van der Waals surface area contributed by atoms with Crippen LogP contribution in [0.5, 0.6) is 5.75 Å². The highest BCUT2D eigenvalue weighted by Gasteiger charge is 2.42. The molecular formula is C25H31NO3. The second kappa shape index (κ2) is 10.3. The number of piperidine rings is 1. The molecule has 0 unspecified atom stereocenters. The Kier molecular flexibility index (Phi) is 7.48. The molecule has 3 rings (SSSR count). The van der Waals surface area contributed by atoms with Crippen molar-refractivity contribution in [1.29, 1.82) is 0 Å². The van der Waals surface area contributed by atoms with Gasteiger partial charge in [-0.15, -0.1) is 0 Å². The maximum atomic E-state index is 12.8. The molecule has 1 aliphatic rings. The zero-order valence-corrected chi connectivity index (χ0v) is 17.5. The van der Waals surface area contributed by atoms with Crippen molar-refractivity contribution in [3.63, 3.8) is 0 Å². The number of ether oxygens (including phenoxy) is 2. The first-order chi connectivity index (χ1) is 14.2. The number of para-hydroxylation sites is 1. The Balaban J connectivity index is 1.62. The third-order valence-electron chi connectivity index (χ3n) is 5.71. The Bertz CT molecular complexity index is 808. The molecule has 0 aromatic heterocycles. The van der Waals surface area contributed by atoms with Crippen molar-refractivity contribution < 1.29 is 14.3 Å².